The van der Waals surface area contributed by atoms with Crippen LogP contribution in [0.25, 0.3) is 5.69 Å². The summed E-state index contributed by atoms with van der Waals surface area (Å²) in [6.07, 6.45) is 3.93. The molecule has 2 aromatic heterocycles. The smallest absolute Gasteiger partial charge is 0.262 e. The first-order chi connectivity index (χ1) is 11.3. The van der Waals surface area contributed by atoms with Gasteiger partial charge in [0.25, 0.3) is 5.91 Å². The maximum atomic E-state index is 12.4. The van der Waals surface area contributed by atoms with E-state index >= 15 is 0 Å². The fraction of sp³-hybridized carbons (Fsp3) is 0.214. The maximum absolute atomic E-state index is 12.4. The molecule has 9 nitrogen and oxygen atoms in total. The molecule has 0 aliphatic carbocycles. The first-order valence-electron chi connectivity index (χ1n) is 7.15. The van der Waals surface area contributed by atoms with Crippen LogP contribution in [0.3, 0.4) is 0 Å². The summed E-state index contributed by atoms with van der Waals surface area (Å²) in [5.74, 6) is 0.280. The Kier molecular flexibility index (Phi) is 3.22. The average Bonchev–Trinajstić information content (AvgIpc) is 3.25. The third kappa shape index (κ3) is 2.52. The molecule has 4 rings (SSSR count). The number of hydrogen-bond acceptors (Lipinski definition) is 6. The largest absolute Gasteiger partial charge is 0.477 e. The number of aromatic nitrogens is 6. The number of nitrogens with one attached hydrogen (secondary N) is 1. The van der Waals surface area contributed by atoms with E-state index in [1.165, 1.54) is 17.2 Å². The van der Waals surface area contributed by atoms with Crippen LogP contribution < -0.4 is 10.1 Å². The van der Waals surface area contributed by atoms with Gasteiger partial charge in [-0.1, -0.05) is 0 Å². The van der Waals surface area contributed by atoms with Crippen molar-refractivity contribution in [3.8, 4) is 11.6 Å². The number of carbonyl (C=O) groups is 1. The van der Waals surface area contributed by atoms with Crippen LogP contribution in [0.2, 0.25) is 0 Å². The van der Waals surface area contributed by atoms with Gasteiger partial charge in [-0.05, 0) is 34.7 Å². The van der Waals surface area contributed by atoms with Crippen LogP contribution in [-0.4, -0.2) is 42.5 Å². The van der Waals surface area contributed by atoms with E-state index in [-0.39, 0.29) is 5.91 Å². The van der Waals surface area contributed by atoms with Crippen molar-refractivity contribution < 1.29 is 9.53 Å². The number of ether oxygens (including phenoxy) is 1. The summed E-state index contributed by atoms with van der Waals surface area (Å²) >= 11 is 0. The van der Waals surface area contributed by atoms with Gasteiger partial charge in [0.2, 0.25) is 5.88 Å². The third-order valence-electron chi connectivity index (χ3n) is 3.53. The van der Waals surface area contributed by atoms with E-state index < -0.39 is 0 Å². The lowest BCUT2D eigenvalue weighted by atomic mass is 10.2. The molecule has 0 spiro atoms. The summed E-state index contributed by atoms with van der Waals surface area (Å²) in [4.78, 5) is 12.4. The number of anilines is 1. The molecule has 23 heavy (non-hydrogen) atoms. The van der Waals surface area contributed by atoms with E-state index in [4.69, 9.17) is 4.74 Å². The van der Waals surface area contributed by atoms with Crippen LogP contribution in [0.4, 0.5) is 5.69 Å². The molecule has 1 aromatic carbocycles. The lowest BCUT2D eigenvalue weighted by molar-refractivity contribution is 0.102. The van der Waals surface area contributed by atoms with Gasteiger partial charge < -0.3 is 10.1 Å². The van der Waals surface area contributed by atoms with Crippen molar-refractivity contribution in [3.63, 3.8) is 0 Å². The van der Waals surface area contributed by atoms with Crippen LogP contribution in [0.1, 0.15) is 16.8 Å². The predicted octanol–water partition coefficient (Wildman–Crippen LogP) is 0.894. The second-order valence-corrected chi connectivity index (χ2v) is 5.04. The Morgan fingerprint density at radius 3 is 2.91 bits per heavy atom. The maximum Gasteiger partial charge on any atom is 0.262 e. The summed E-state index contributed by atoms with van der Waals surface area (Å²) in [7, 11) is 0. The molecule has 0 saturated carbocycles. The molecule has 0 atom stereocenters. The number of aryl methyl sites for hydroxylation is 1. The zero-order valence-corrected chi connectivity index (χ0v) is 12.1. The highest BCUT2D eigenvalue weighted by molar-refractivity contribution is 6.05. The second-order valence-electron chi connectivity index (χ2n) is 5.04. The Bertz CT molecular complexity index is 823. The fourth-order valence-electron chi connectivity index (χ4n) is 2.40. The van der Waals surface area contributed by atoms with E-state index in [1.54, 1.807) is 16.8 Å². The van der Waals surface area contributed by atoms with E-state index in [0.29, 0.717) is 23.7 Å². The molecule has 9 heteroatoms. The van der Waals surface area contributed by atoms with Gasteiger partial charge in [0.15, 0.2) is 0 Å². The van der Waals surface area contributed by atoms with Gasteiger partial charge in [-0.15, -0.1) is 5.10 Å². The van der Waals surface area contributed by atoms with Gasteiger partial charge in [0.1, 0.15) is 11.9 Å². The van der Waals surface area contributed by atoms with Crippen LogP contribution >= 0.6 is 0 Å². The van der Waals surface area contributed by atoms with E-state index in [9.17, 15) is 4.79 Å². The molecule has 0 bridgehead atoms. The topological polar surface area (TPSA) is 99.8 Å². The van der Waals surface area contributed by atoms with Crippen molar-refractivity contribution in [2.45, 2.75) is 13.0 Å². The first-order valence-corrected chi connectivity index (χ1v) is 7.15. The predicted molar refractivity (Wildman–Crippen MR) is 79.4 cm³/mol. The Balaban J connectivity index is 1.51. The summed E-state index contributed by atoms with van der Waals surface area (Å²) < 4.78 is 8.78. The first kappa shape index (κ1) is 13.4. The van der Waals surface area contributed by atoms with E-state index in [2.05, 4.69) is 25.9 Å². The van der Waals surface area contributed by atoms with Gasteiger partial charge in [0, 0.05) is 18.7 Å². The summed E-state index contributed by atoms with van der Waals surface area (Å²) in [6, 6.07) is 7.20. The van der Waals surface area contributed by atoms with Gasteiger partial charge >= 0.3 is 0 Å². The Morgan fingerprint density at radius 1 is 1.26 bits per heavy atom. The molecule has 0 unspecified atom stereocenters. The summed E-state index contributed by atoms with van der Waals surface area (Å²) in [5, 5.41) is 18.0. The van der Waals surface area contributed by atoms with E-state index in [1.807, 2.05) is 12.1 Å². The zero-order chi connectivity index (χ0) is 15.6. The number of tetrazole rings is 1. The molecular formula is C14H13N7O2. The fourth-order valence-corrected chi connectivity index (χ4v) is 2.40. The van der Waals surface area contributed by atoms with Gasteiger partial charge in [-0.3, -0.25) is 4.79 Å². The highest BCUT2D eigenvalue weighted by atomic mass is 16.5. The molecular weight excluding hydrogens is 298 g/mol. The molecule has 3 heterocycles. The van der Waals surface area contributed by atoms with Crippen molar-refractivity contribution in [1.29, 1.82) is 0 Å². The minimum Gasteiger partial charge on any atom is -0.477 e. The quantitative estimate of drug-likeness (QED) is 0.771. The summed E-state index contributed by atoms with van der Waals surface area (Å²) in [5.41, 5.74) is 1.91. The third-order valence-corrected chi connectivity index (χ3v) is 3.53. The lowest BCUT2D eigenvalue weighted by Gasteiger charge is -2.15. The van der Waals surface area contributed by atoms with Gasteiger partial charge in [-0.2, -0.15) is 5.10 Å². The van der Waals surface area contributed by atoms with Gasteiger partial charge in [0.05, 0.1) is 18.5 Å². The number of fused-ring (bicyclic) bond motifs is 1. The molecule has 0 radical (unpaired) electrons. The minimum absolute atomic E-state index is 0.247. The van der Waals surface area contributed by atoms with Crippen molar-refractivity contribution in [2.24, 2.45) is 0 Å². The highest BCUT2D eigenvalue weighted by Crippen LogP contribution is 2.23. The Hall–Kier alpha value is -3.23. The number of hydrogen-bond donors (Lipinski definition) is 1. The molecule has 0 saturated heterocycles. The average molecular weight is 311 g/mol. The van der Waals surface area contributed by atoms with Crippen molar-refractivity contribution in [2.75, 3.05) is 11.9 Å². The second kappa shape index (κ2) is 5.52. The molecule has 1 aliphatic heterocycles. The number of rotatable bonds is 3. The number of benzene rings is 1. The molecule has 1 aliphatic rings. The van der Waals surface area contributed by atoms with Crippen molar-refractivity contribution >= 4 is 11.6 Å². The number of nitrogens with zero attached hydrogens (tertiary/aromatic N) is 6. The standard InChI is InChI=1S/C14H13N7O2/c22-13(12-8-16-20-6-1-7-23-14(12)20)17-10-2-4-11(5-3-10)21-9-15-18-19-21/h2-5,8-9H,1,6-7H2,(H,17,22). The Labute approximate surface area is 130 Å². The molecule has 1 N–H and O–H groups in total. The number of carbonyl (C=O) groups excluding carboxylic acids is 1. The molecule has 3 aromatic rings. The monoisotopic (exact) mass is 311 g/mol. The van der Waals surface area contributed by atoms with Crippen LogP contribution in [0.5, 0.6) is 5.88 Å². The lowest BCUT2D eigenvalue weighted by Crippen LogP contribution is -2.18. The van der Waals surface area contributed by atoms with Crippen molar-refractivity contribution in [1.82, 2.24) is 30.0 Å². The minimum atomic E-state index is -0.247. The zero-order valence-electron chi connectivity index (χ0n) is 12.1. The molecule has 0 fully saturated rings. The molecule has 1 amide bonds. The molecule has 116 valence electrons. The van der Waals surface area contributed by atoms with Crippen molar-refractivity contribution in [3.05, 3.63) is 42.4 Å². The SMILES string of the molecule is O=C(Nc1ccc(-n2cnnn2)cc1)c1cnn2c1OCCC2. The highest BCUT2D eigenvalue weighted by Gasteiger charge is 2.21. The number of amides is 1. The van der Waals surface area contributed by atoms with Gasteiger partial charge in [-0.25, -0.2) is 9.36 Å². The summed E-state index contributed by atoms with van der Waals surface area (Å²) in [6.45, 7) is 1.37. The van der Waals surface area contributed by atoms with Crippen LogP contribution in [-0.2, 0) is 6.54 Å². The normalized spacial score (nSPS) is 13.2. The van der Waals surface area contributed by atoms with Crippen LogP contribution in [0.15, 0.2) is 36.8 Å². The Morgan fingerprint density at radius 2 is 2.13 bits per heavy atom. The van der Waals surface area contributed by atoms with E-state index in [0.717, 1.165) is 18.7 Å². The van der Waals surface area contributed by atoms with Crippen LogP contribution in [0, 0.1) is 0 Å².